The highest BCUT2D eigenvalue weighted by atomic mass is 16.6. The fraction of sp³-hybridized carbons (Fsp3) is 0.219. The van der Waals surface area contributed by atoms with E-state index in [0.29, 0.717) is 12.0 Å². The molecule has 0 N–H and O–H groups in total. The molecule has 0 saturated heterocycles. The van der Waals surface area contributed by atoms with E-state index in [0.717, 1.165) is 41.5 Å². The van der Waals surface area contributed by atoms with Gasteiger partial charge in [0.25, 0.3) is 0 Å². The van der Waals surface area contributed by atoms with E-state index < -0.39 is 4.92 Å². The molecule has 0 saturated carbocycles. The molecule has 5 heteroatoms. The molecule has 6 rings (SSSR count). The lowest BCUT2D eigenvalue weighted by Gasteiger charge is -2.32. The summed E-state index contributed by atoms with van der Waals surface area (Å²) in [6, 6.07) is 26.8. The van der Waals surface area contributed by atoms with Gasteiger partial charge in [-0.25, -0.2) is 0 Å². The lowest BCUT2D eigenvalue weighted by molar-refractivity contribution is -0.385. The number of aryl methyl sites for hydroxylation is 1. The molecule has 0 aromatic heterocycles. The van der Waals surface area contributed by atoms with Crippen LogP contribution in [0.2, 0.25) is 0 Å². The van der Waals surface area contributed by atoms with E-state index in [2.05, 4.69) is 30.3 Å². The normalized spacial score (nSPS) is 15.7. The van der Waals surface area contributed by atoms with Crippen molar-refractivity contribution in [1.29, 1.82) is 0 Å². The van der Waals surface area contributed by atoms with Crippen LogP contribution in [0.5, 0.6) is 5.75 Å². The van der Waals surface area contributed by atoms with E-state index in [9.17, 15) is 14.9 Å². The van der Waals surface area contributed by atoms with Crippen LogP contribution in [0, 0.1) is 10.1 Å². The minimum Gasteiger partial charge on any atom is -0.482 e. The van der Waals surface area contributed by atoms with Crippen LogP contribution in [-0.2, 0) is 25.9 Å². The van der Waals surface area contributed by atoms with Crippen LogP contribution in [0.4, 0.5) is 5.69 Å². The monoisotopic (exact) mass is 489 g/mol. The number of fused-ring (bicyclic) bond motifs is 5. The first-order valence-corrected chi connectivity index (χ1v) is 12.8. The lowest BCUT2D eigenvalue weighted by Crippen LogP contribution is -2.23. The highest BCUT2D eigenvalue weighted by molar-refractivity contribution is 6.04. The number of nitro benzene ring substituents is 1. The summed E-state index contributed by atoms with van der Waals surface area (Å²) < 4.78 is 5.89. The Morgan fingerprint density at radius 2 is 1.65 bits per heavy atom. The van der Waals surface area contributed by atoms with E-state index in [1.54, 1.807) is 12.1 Å². The summed E-state index contributed by atoms with van der Waals surface area (Å²) in [5.41, 5.74) is 8.51. The number of nitrogens with zero attached hydrogens (tertiary/aromatic N) is 1. The van der Waals surface area contributed by atoms with Gasteiger partial charge in [0.15, 0.2) is 11.5 Å². The van der Waals surface area contributed by atoms with Crippen molar-refractivity contribution in [2.24, 2.45) is 0 Å². The Labute approximate surface area is 215 Å². The summed E-state index contributed by atoms with van der Waals surface area (Å²) in [7, 11) is 0. The zero-order chi connectivity index (χ0) is 25.4. The van der Waals surface area contributed by atoms with Crippen molar-refractivity contribution in [3.63, 3.8) is 0 Å². The van der Waals surface area contributed by atoms with Crippen molar-refractivity contribution >= 4 is 11.5 Å². The number of hydrogen-bond donors (Lipinski definition) is 0. The van der Waals surface area contributed by atoms with Crippen molar-refractivity contribution in [3.05, 3.63) is 128 Å². The summed E-state index contributed by atoms with van der Waals surface area (Å²) in [6.45, 7) is 0.187. The molecule has 0 spiro atoms. The summed E-state index contributed by atoms with van der Waals surface area (Å²) in [6.07, 6.45) is 4.94. The van der Waals surface area contributed by atoms with Gasteiger partial charge in [-0.3, -0.25) is 14.9 Å². The highest BCUT2D eigenvalue weighted by Gasteiger charge is 2.34. The predicted molar refractivity (Wildman–Crippen MR) is 143 cm³/mol. The van der Waals surface area contributed by atoms with Crippen LogP contribution >= 0.6 is 0 Å². The zero-order valence-electron chi connectivity index (χ0n) is 20.5. The topological polar surface area (TPSA) is 69.4 Å². The Morgan fingerprint density at radius 1 is 0.865 bits per heavy atom. The van der Waals surface area contributed by atoms with E-state index in [1.807, 2.05) is 36.4 Å². The molecular formula is C32H27NO4. The minimum absolute atomic E-state index is 0.0193. The second-order valence-electron chi connectivity index (χ2n) is 9.86. The third-order valence-electron chi connectivity index (χ3n) is 7.65. The van der Waals surface area contributed by atoms with Crippen molar-refractivity contribution in [2.45, 2.75) is 44.6 Å². The number of carbonyl (C=O) groups excluding carboxylic acids is 1. The maximum absolute atomic E-state index is 14.1. The number of nitro groups is 1. The van der Waals surface area contributed by atoms with Crippen LogP contribution in [0.1, 0.15) is 56.9 Å². The maximum Gasteiger partial charge on any atom is 0.310 e. The maximum atomic E-state index is 14.1. The van der Waals surface area contributed by atoms with E-state index in [1.165, 1.54) is 29.2 Å². The summed E-state index contributed by atoms with van der Waals surface area (Å²) in [5.74, 6) is -0.234. The fourth-order valence-corrected chi connectivity index (χ4v) is 5.87. The van der Waals surface area contributed by atoms with Crippen LogP contribution in [0.3, 0.4) is 0 Å². The quantitative estimate of drug-likeness (QED) is 0.163. The number of benzene rings is 4. The molecule has 0 heterocycles. The molecule has 4 aromatic rings. The van der Waals surface area contributed by atoms with Crippen LogP contribution in [0.25, 0.3) is 11.1 Å². The Hall–Kier alpha value is -4.25. The van der Waals surface area contributed by atoms with Crippen LogP contribution in [-0.4, -0.2) is 10.7 Å². The standard InChI is InChI=1S/C32H27NO4/c34-32(24-15-17-29(33(35)36)30(19-24)37-20-21-8-2-1-3-9-21)28-18-23-11-5-6-12-25(23)27-16-14-22-10-4-7-13-26(22)31(27)28/h1-3,5-6,8-9,11-12,14-17,19,28H,4,7,10,13,18,20H2. The Balaban J connectivity index is 1.41. The van der Waals surface area contributed by atoms with E-state index in [4.69, 9.17) is 4.74 Å². The molecule has 0 amide bonds. The molecule has 0 fully saturated rings. The number of rotatable bonds is 6. The van der Waals surface area contributed by atoms with Gasteiger partial charge in [0.1, 0.15) is 6.61 Å². The lowest BCUT2D eigenvalue weighted by atomic mass is 9.71. The van der Waals surface area contributed by atoms with Gasteiger partial charge in [0, 0.05) is 11.6 Å². The number of carbonyl (C=O) groups is 1. The Kier molecular flexibility index (Phi) is 6.05. The second kappa shape index (κ2) is 9.66. The van der Waals surface area contributed by atoms with Gasteiger partial charge >= 0.3 is 5.69 Å². The molecule has 2 aliphatic rings. The van der Waals surface area contributed by atoms with E-state index in [-0.39, 0.29) is 29.7 Å². The number of hydrogen-bond acceptors (Lipinski definition) is 4. The van der Waals surface area contributed by atoms with Crippen molar-refractivity contribution in [2.75, 3.05) is 0 Å². The first-order chi connectivity index (χ1) is 18.1. The minimum atomic E-state index is -0.461. The predicted octanol–water partition coefficient (Wildman–Crippen LogP) is 7.24. The summed E-state index contributed by atoms with van der Waals surface area (Å²) in [5, 5.41) is 11.7. The van der Waals surface area contributed by atoms with Gasteiger partial charge in [-0.15, -0.1) is 0 Å². The number of ether oxygens (including phenoxy) is 1. The molecule has 0 aliphatic heterocycles. The van der Waals surface area contributed by atoms with Crippen molar-refractivity contribution in [3.8, 4) is 16.9 Å². The molecule has 0 bridgehead atoms. The van der Waals surface area contributed by atoms with Gasteiger partial charge in [0.2, 0.25) is 0 Å². The Bertz CT molecular complexity index is 1510. The molecule has 2 aliphatic carbocycles. The largest absolute Gasteiger partial charge is 0.482 e. The van der Waals surface area contributed by atoms with Gasteiger partial charge in [-0.1, -0.05) is 66.7 Å². The third-order valence-corrected chi connectivity index (χ3v) is 7.65. The Morgan fingerprint density at radius 3 is 2.49 bits per heavy atom. The fourth-order valence-electron chi connectivity index (χ4n) is 5.87. The van der Waals surface area contributed by atoms with Gasteiger partial charge in [0.05, 0.1) is 10.8 Å². The molecule has 4 aromatic carbocycles. The molecule has 0 radical (unpaired) electrons. The first kappa shape index (κ1) is 23.2. The number of Topliss-reactive ketones (excluding diaryl/α,β-unsaturated/α-hetero) is 1. The van der Waals surface area contributed by atoms with E-state index >= 15 is 0 Å². The van der Waals surface area contributed by atoms with Crippen molar-refractivity contribution in [1.82, 2.24) is 0 Å². The summed E-state index contributed by atoms with van der Waals surface area (Å²) in [4.78, 5) is 25.4. The highest BCUT2D eigenvalue weighted by Crippen LogP contribution is 2.45. The second-order valence-corrected chi connectivity index (χ2v) is 9.86. The summed E-state index contributed by atoms with van der Waals surface area (Å²) >= 11 is 0. The first-order valence-electron chi connectivity index (χ1n) is 12.8. The van der Waals surface area contributed by atoms with Gasteiger partial charge in [-0.2, -0.15) is 0 Å². The molecule has 1 unspecified atom stereocenters. The number of ketones is 1. The third kappa shape index (κ3) is 4.31. The molecule has 1 atom stereocenters. The molecule has 184 valence electrons. The molecule has 5 nitrogen and oxygen atoms in total. The zero-order valence-corrected chi connectivity index (χ0v) is 20.5. The molecule has 37 heavy (non-hydrogen) atoms. The van der Waals surface area contributed by atoms with Crippen LogP contribution in [0.15, 0.2) is 84.9 Å². The van der Waals surface area contributed by atoms with Gasteiger partial charge in [-0.05, 0) is 83.2 Å². The van der Waals surface area contributed by atoms with Gasteiger partial charge < -0.3 is 4.74 Å². The van der Waals surface area contributed by atoms with Crippen LogP contribution < -0.4 is 4.74 Å². The average molecular weight is 490 g/mol. The SMILES string of the molecule is O=C(c1ccc([N+](=O)[O-])c(OCc2ccccc2)c1)C1Cc2ccccc2-c2ccc3c(c21)CCCC3. The average Bonchev–Trinajstić information content (AvgIpc) is 2.95. The van der Waals surface area contributed by atoms with Crippen molar-refractivity contribution < 1.29 is 14.5 Å². The molecular weight excluding hydrogens is 462 g/mol. The smallest absolute Gasteiger partial charge is 0.310 e.